The van der Waals surface area contributed by atoms with Crippen LogP contribution in [-0.2, 0) is 6.42 Å². The van der Waals surface area contributed by atoms with Crippen molar-refractivity contribution in [1.29, 1.82) is 0 Å². The largest absolute Gasteiger partial charge is 0.493 e. The molecule has 192 valence electrons. The highest BCUT2D eigenvalue weighted by Gasteiger charge is 2.34. The monoisotopic (exact) mass is 520 g/mol. The lowest BCUT2D eigenvalue weighted by Gasteiger charge is -2.37. The SMILES string of the molecule is COc1cc(-c2[nH]nc(-c3nc(C)c(N4CCN(C(C)C)CC4)s3)c2CC(F)(F)F)cn2ncnc12. The number of pyridine rings is 1. The molecule has 4 aromatic rings. The van der Waals surface area contributed by atoms with Crippen molar-refractivity contribution >= 4 is 22.0 Å². The molecule has 1 saturated heterocycles. The highest BCUT2D eigenvalue weighted by atomic mass is 32.1. The van der Waals surface area contributed by atoms with Gasteiger partial charge in [0.15, 0.2) is 11.4 Å². The minimum atomic E-state index is -4.43. The van der Waals surface area contributed by atoms with E-state index in [0.717, 1.165) is 36.9 Å². The molecule has 0 bridgehead atoms. The predicted octanol–water partition coefficient (Wildman–Crippen LogP) is 4.20. The van der Waals surface area contributed by atoms with Gasteiger partial charge in [0.25, 0.3) is 0 Å². The minimum absolute atomic E-state index is 0.0361. The molecule has 0 amide bonds. The molecule has 1 N–H and O–H groups in total. The van der Waals surface area contributed by atoms with Gasteiger partial charge in [-0.25, -0.2) is 14.5 Å². The van der Waals surface area contributed by atoms with E-state index in [-0.39, 0.29) is 17.0 Å². The molecular formula is C23H27F3N8OS. The smallest absolute Gasteiger partial charge is 0.393 e. The first kappa shape index (κ1) is 24.5. The Morgan fingerprint density at radius 3 is 2.61 bits per heavy atom. The Morgan fingerprint density at radius 2 is 1.94 bits per heavy atom. The summed E-state index contributed by atoms with van der Waals surface area (Å²) < 4.78 is 48.0. The number of fused-ring (bicyclic) bond motifs is 1. The molecule has 0 saturated carbocycles. The van der Waals surface area contributed by atoms with Gasteiger partial charge < -0.3 is 9.64 Å². The minimum Gasteiger partial charge on any atom is -0.493 e. The Kier molecular flexibility index (Phi) is 6.37. The van der Waals surface area contributed by atoms with Crippen molar-refractivity contribution in [2.75, 3.05) is 38.2 Å². The Morgan fingerprint density at radius 1 is 1.19 bits per heavy atom. The maximum absolute atomic E-state index is 13.7. The zero-order chi connectivity index (χ0) is 25.6. The fraction of sp³-hybridized carbons (Fsp3) is 0.478. The van der Waals surface area contributed by atoms with E-state index in [1.807, 2.05) is 6.92 Å². The van der Waals surface area contributed by atoms with E-state index in [1.165, 1.54) is 29.3 Å². The lowest BCUT2D eigenvalue weighted by molar-refractivity contribution is -0.127. The molecule has 5 rings (SSSR count). The second-order valence-electron chi connectivity index (χ2n) is 9.07. The van der Waals surface area contributed by atoms with Crippen LogP contribution in [0.4, 0.5) is 18.2 Å². The number of halogens is 3. The maximum Gasteiger partial charge on any atom is 0.393 e. The van der Waals surface area contributed by atoms with Crippen LogP contribution in [0.1, 0.15) is 25.1 Å². The standard InChI is InChI=1S/C23H27F3N8OS/c1-13(2)32-5-7-33(8-6-32)22-14(3)29-21(36-22)19-16(10-23(24,25)26)18(30-31-19)15-9-17(35-4)20-27-12-28-34(20)11-15/h9,11-13H,5-8,10H2,1-4H3,(H,30,31). The molecule has 0 radical (unpaired) electrons. The van der Waals surface area contributed by atoms with Crippen molar-refractivity contribution in [2.24, 2.45) is 0 Å². The summed E-state index contributed by atoms with van der Waals surface area (Å²) in [4.78, 5) is 13.5. The van der Waals surface area contributed by atoms with Crippen LogP contribution >= 0.6 is 11.3 Å². The number of anilines is 1. The number of aromatic nitrogens is 6. The number of aryl methyl sites for hydroxylation is 1. The summed E-state index contributed by atoms with van der Waals surface area (Å²) in [7, 11) is 1.48. The van der Waals surface area contributed by atoms with Gasteiger partial charge in [-0.1, -0.05) is 11.3 Å². The molecule has 0 unspecified atom stereocenters. The van der Waals surface area contributed by atoms with Crippen LogP contribution in [0.15, 0.2) is 18.6 Å². The van der Waals surface area contributed by atoms with Crippen LogP contribution < -0.4 is 9.64 Å². The van der Waals surface area contributed by atoms with Gasteiger partial charge in [0, 0.05) is 49.5 Å². The van der Waals surface area contributed by atoms with Crippen molar-refractivity contribution < 1.29 is 17.9 Å². The summed E-state index contributed by atoms with van der Waals surface area (Å²) in [5.41, 5.74) is 2.21. The average molecular weight is 521 g/mol. The first-order valence-corrected chi connectivity index (χ1v) is 12.4. The van der Waals surface area contributed by atoms with Crippen LogP contribution in [0.5, 0.6) is 5.75 Å². The lowest BCUT2D eigenvalue weighted by Crippen LogP contribution is -2.48. The predicted molar refractivity (Wildman–Crippen MR) is 132 cm³/mol. The number of rotatable bonds is 6. The van der Waals surface area contributed by atoms with Crippen molar-refractivity contribution in [2.45, 2.75) is 39.4 Å². The van der Waals surface area contributed by atoms with Gasteiger partial charge in [-0.3, -0.25) is 10.00 Å². The Balaban J connectivity index is 1.54. The Bertz CT molecular complexity index is 1370. The maximum atomic E-state index is 13.7. The number of aromatic amines is 1. The summed E-state index contributed by atoms with van der Waals surface area (Å²) >= 11 is 1.38. The third-order valence-electron chi connectivity index (χ3n) is 6.40. The van der Waals surface area contributed by atoms with E-state index in [0.29, 0.717) is 28.0 Å². The number of methoxy groups -OCH3 is 1. The molecule has 5 heterocycles. The number of nitrogens with zero attached hydrogens (tertiary/aromatic N) is 7. The van der Waals surface area contributed by atoms with Crippen molar-refractivity contribution in [1.82, 2.24) is 34.7 Å². The van der Waals surface area contributed by atoms with Crippen LogP contribution in [-0.4, -0.2) is 80.2 Å². The molecule has 0 aliphatic carbocycles. The van der Waals surface area contributed by atoms with Gasteiger partial charge in [0.2, 0.25) is 0 Å². The Hall–Kier alpha value is -3.19. The first-order chi connectivity index (χ1) is 17.1. The zero-order valence-corrected chi connectivity index (χ0v) is 21.2. The number of H-pyrrole nitrogens is 1. The molecule has 9 nitrogen and oxygen atoms in total. The molecule has 36 heavy (non-hydrogen) atoms. The van der Waals surface area contributed by atoms with Gasteiger partial charge in [0.05, 0.1) is 24.9 Å². The van der Waals surface area contributed by atoms with E-state index >= 15 is 0 Å². The summed E-state index contributed by atoms with van der Waals surface area (Å²) in [6.07, 6.45) is -2.61. The number of thiazole rings is 1. The molecule has 4 aromatic heterocycles. The molecule has 1 fully saturated rings. The highest BCUT2D eigenvalue weighted by Crippen LogP contribution is 2.40. The van der Waals surface area contributed by atoms with Crippen molar-refractivity contribution in [3.05, 3.63) is 29.8 Å². The second kappa shape index (κ2) is 9.36. The van der Waals surface area contributed by atoms with Crippen LogP contribution in [0.3, 0.4) is 0 Å². The summed E-state index contributed by atoms with van der Waals surface area (Å²) in [6, 6.07) is 2.11. The van der Waals surface area contributed by atoms with E-state index in [9.17, 15) is 13.2 Å². The normalized spacial score (nSPS) is 15.4. The van der Waals surface area contributed by atoms with E-state index in [2.05, 4.69) is 48.9 Å². The van der Waals surface area contributed by atoms with E-state index in [4.69, 9.17) is 4.74 Å². The molecule has 0 aromatic carbocycles. The summed E-state index contributed by atoms with van der Waals surface area (Å²) in [5.74, 6) is 0.395. The number of nitrogens with one attached hydrogen (secondary N) is 1. The third kappa shape index (κ3) is 4.64. The van der Waals surface area contributed by atoms with Crippen LogP contribution in [0, 0.1) is 6.92 Å². The quantitative estimate of drug-likeness (QED) is 0.408. The number of piperazine rings is 1. The summed E-state index contributed by atoms with van der Waals surface area (Å²) in [5, 5.41) is 12.7. The zero-order valence-electron chi connectivity index (χ0n) is 20.4. The Labute approximate surface area is 209 Å². The molecule has 13 heteroatoms. The van der Waals surface area contributed by atoms with Gasteiger partial charge in [0.1, 0.15) is 22.0 Å². The van der Waals surface area contributed by atoms with Crippen molar-refractivity contribution in [3.63, 3.8) is 0 Å². The van der Waals surface area contributed by atoms with E-state index in [1.54, 1.807) is 12.3 Å². The van der Waals surface area contributed by atoms with Gasteiger partial charge >= 0.3 is 6.18 Å². The third-order valence-corrected chi connectivity index (χ3v) is 7.63. The number of hydrogen-bond acceptors (Lipinski definition) is 8. The molecule has 0 atom stereocenters. The van der Waals surface area contributed by atoms with E-state index < -0.39 is 12.6 Å². The molecule has 1 aliphatic rings. The fourth-order valence-corrected chi connectivity index (χ4v) is 5.70. The number of alkyl halides is 3. The highest BCUT2D eigenvalue weighted by molar-refractivity contribution is 7.19. The van der Waals surface area contributed by atoms with Crippen LogP contribution in [0.2, 0.25) is 0 Å². The molecule has 0 spiro atoms. The first-order valence-electron chi connectivity index (χ1n) is 11.6. The number of ether oxygens (including phenoxy) is 1. The molecule has 1 aliphatic heterocycles. The summed E-state index contributed by atoms with van der Waals surface area (Å²) in [6.45, 7) is 9.81. The average Bonchev–Trinajstić information content (AvgIpc) is 3.55. The fourth-order valence-electron chi connectivity index (χ4n) is 4.56. The van der Waals surface area contributed by atoms with Gasteiger partial charge in [-0.15, -0.1) is 0 Å². The lowest BCUT2D eigenvalue weighted by atomic mass is 10.0. The topological polar surface area (TPSA) is 87.5 Å². The number of hydrogen-bond donors (Lipinski definition) is 1. The van der Waals surface area contributed by atoms with Gasteiger partial charge in [-0.2, -0.15) is 23.4 Å². The van der Waals surface area contributed by atoms with Crippen LogP contribution in [0.25, 0.3) is 27.6 Å². The van der Waals surface area contributed by atoms with Gasteiger partial charge in [-0.05, 0) is 26.8 Å². The second-order valence-corrected chi connectivity index (χ2v) is 10.0. The molecular weight excluding hydrogens is 493 g/mol. The van der Waals surface area contributed by atoms with Crippen molar-refractivity contribution in [3.8, 4) is 27.7 Å².